The van der Waals surface area contributed by atoms with Gasteiger partial charge in [-0.25, -0.2) is 0 Å². The maximum absolute atomic E-state index is 11.9. The Hall–Kier alpha value is -1.68. The first-order chi connectivity index (χ1) is 9.22. The highest BCUT2D eigenvalue weighted by atomic mass is 16.6. The highest BCUT2D eigenvalue weighted by Gasteiger charge is 2.44. The molecule has 0 aliphatic carbocycles. The number of ether oxygens (including phenoxy) is 2. The molecule has 0 radical (unpaired) electrons. The van der Waals surface area contributed by atoms with Crippen molar-refractivity contribution in [2.75, 3.05) is 6.61 Å². The molecular formula is C15H18O4. The van der Waals surface area contributed by atoms with Crippen LogP contribution in [0, 0.1) is 0 Å². The normalized spacial score (nSPS) is 20.9. The van der Waals surface area contributed by atoms with Crippen molar-refractivity contribution in [2.24, 2.45) is 0 Å². The molecule has 0 spiro atoms. The van der Waals surface area contributed by atoms with Gasteiger partial charge >= 0.3 is 5.97 Å². The van der Waals surface area contributed by atoms with E-state index < -0.39 is 0 Å². The Morgan fingerprint density at radius 2 is 1.95 bits per heavy atom. The number of esters is 1. The van der Waals surface area contributed by atoms with Gasteiger partial charge in [-0.05, 0) is 18.9 Å². The molecule has 0 bridgehead atoms. The third kappa shape index (κ3) is 3.89. The van der Waals surface area contributed by atoms with E-state index in [1.54, 1.807) is 6.92 Å². The maximum Gasteiger partial charge on any atom is 0.305 e. The van der Waals surface area contributed by atoms with Crippen LogP contribution in [0.2, 0.25) is 0 Å². The fraction of sp³-hybridized carbons (Fsp3) is 0.467. The highest BCUT2D eigenvalue weighted by Crippen LogP contribution is 2.39. The predicted molar refractivity (Wildman–Crippen MR) is 69.5 cm³/mol. The lowest BCUT2D eigenvalue weighted by Crippen LogP contribution is -2.09. The van der Waals surface area contributed by atoms with E-state index in [0.29, 0.717) is 25.9 Å². The summed E-state index contributed by atoms with van der Waals surface area (Å²) in [4.78, 5) is 23.0. The van der Waals surface area contributed by atoms with Crippen LogP contribution in [0.1, 0.15) is 37.9 Å². The Balaban J connectivity index is 1.70. The summed E-state index contributed by atoms with van der Waals surface area (Å²) < 4.78 is 10.2. The maximum atomic E-state index is 11.9. The number of rotatable bonds is 7. The van der Waals surface area contributed by atoms with Crippen molar-refractivity contribution >= 4 is 11.8 Å². The molecule has 1 heterocycles. The summed E-state index contributed by atoms with van der Waals surface area (Å²) in [5, 5.41) is 0. The van der Waals surface area contributed by atoms with Crippen LogP contribution >= 0.6 is 0 Å². The van der Waals surface area contributed by atoms with Crippen LogP contribution in [-0.4, -0.2) is 24.5 Å². The van der Waals surface area contributed by atoms with E-state index in [9.17, 15) is 9.59 Å². The molecule has 1 fully saturated rings. The fourth-order valence-electron chi connectivity index (χ4n) is 2.04. The lowest BCUT2D eigenvalue weighted by molar-refractivity contribution is -0.143. The van der Waals surface area contributed by atoms with E-state index in [0.717, 1.165) is 5.56 Å². The van der Waals surface area contributed by atoms with Crippen LogP contribution in [0.15, 0.2) is 30.3 Å². The molecule has 1 saturated heterocycles. The average Bonchev–Trinajstić information content (AvgIpc) is 3.20. The number of epoxide rings is 1. The van der Waals surface area contributed by atoms with Crippen LogP contribution in [0.5, 0.6) is 0 Å². The molecule has 1 aromatic rings. The standard InChI is InChI=1S/C15H18O4/c1-2-18-13(17)10-6-9-12(16)15-14(19-15)11-7-4-3-5-8-11/h3-5,7-8,14-15H,2,6,9-10H2,1H3/t14-,15-/m1/s1. The first kappa shape index (κ1) is 13.7. The Morgan fingerprint density at radius 3 is 2.63 bits per heavy atom. The van der Waals surface area contributed by atoms with Gasteiger partial charge in [-0.2, -0.15) is 0 Å². The minimum Gasteiger partial charge on any atom is -0.466 e. The van der Waals surface area contributed by atoms with E-state index in [2.05, 4.69) is 0 Å². The molecule has 0 saturated carbocycles. The number of ketones is 1. The zero-order valence-electron chi connectivity index (χ0n) is 11.0. The van der Waals surface area contributed by atoms with E-state index in [1.807, 2.05) is 30.3 Å². The molecule has 1 aliphatic rings. The average molecular weight is 262 g/mol. The minimum absolute atomic E-state index is 0.0677. The molecule has 0 aromatic heterocycles. The molecule has 0 amide bonds. The number of carbonyl (C=O) groups excluding carboxylic acids is 2. The molecule has 1 aliphatic heterocycles. The van der Waals surface area contributed by atoms with Crippen molar-refractivity contribution in [1.29, 1.82) is 0 Å². The largest absolute Gasteiger partial charge is 0.466 e. The fourth-order valence-corrected chi connectivity index (χ4v) is 2.04. The van der Waals surface area contributed by atoms with Crippen molar-refractivity contribution in [3.05, 3.63) is 35.9 Å². The Labute approximate surface area is 112 Å². The van der Waals surface area contributed by atoms with Gasteiger partial charge in [0.1, 0.15) is 12.2 Å². The Bertz CT molecular complexity index is 441. The van der Waals surface area contributed by atoms with Crippen LogP contribution < -0.4 is 0 Å². The predicted octanol–water partition coefficient (Wildman–Crippen LogP) is 2.43. The highest BCUT2D eigenvalue weighted by molar-refractivity contribution is 5.86. The summed E-state index contributed by atoms with van der Waals surface area (Å²) in [6, 6.07) is 9.70. The molecule has 2 atom stereocenters. The summed E-state index contributed by atoms with van der Waals surface area (Å²) >= 11 is 0. The van der Waals surface area contributed by atoms with Gasteiger partial charge in [-0.15, -0.1) is 0 Å². The smallest absolute Gasteiger partial charge is 0.305 e. The van der Waals surface area contributed by atoms with Gasteiger partial charge < -0.3 is 9.47 Å². The zero-order valence-corrected chi connectivity index (χ0v) is 11.0. The first-order valence-electron chi connectivity index (χ1n) is 6.61. The lowest BCUT2D eigenvalue weighted by Gasteiger charge is -2.00. The van der Waals surface area contributed by atoms with Crippen LogP contribution in [0.4, 0.5) is 0 Å². The quantitative estimate of drug-likeness (QED) is 0.559. The third-order valence-corrected chi connectivity index (χ3v) is 3.05. The van der Waals surface area contributed by atoms with Gasteiger partial charge in [0.25, 0.3) is 0 Å². The second-order valence-electron chi connectivity index (χ2n) is 4.51. The Kier molecular flexibility index (Phi) is 4.68. The number of carbonyl (C=O) groups is 2. The SMILES string of the molecule is CCOC(=O)CCCC(=O)[C@H]1O[C@@H]1c1ccccc1. The summed E-state index contributed by atoms with van der Waals surface area (Å²) in [7, 11) is 0. The van der Waals surface area contributed by atoms with E-state index >= 15 is 0 Å². The second-order valence-corrected chi connectivity index (χ2v) is 4.51. The number of benzene rings is 1. The summed E-state index contributed by atoms with van der Waals surface area (Å²) in [6.07, 6.45) is 0.759. The molecule has 4 heteroatoms. The third-order valence-electron chi connectivity index (χ3n) is 3.05. The molecule has 1 aromatic carbocycles. The van der Waals surface area contributed by atoms with Crippen molar-refractivity contribution in [2.45, 2.75) is 38.4 Å². The molecule has 0 unspecified atom stereocenters. The van der Waals surface area contributed by atoms with Gasteiger partial charge in [-0.3, -0.25) is 9.59 Å². The van der Waals surface area contributed by atoms with Gasteiger partial charge in [0.15, 0.2) is 5.78 Å². The van der Waals surface area contributed by atoms with E-state index in [-0.39, 0.29) is 24.0 Å². The van der Waals surface area contributed by atoms with Crippen molar-refractivity contribution < 1.29 is 19.1 Å². The van der Waals surface area contributed by atoms with Crippen LogP contribution in [-0.2, 0) is 19.1 Å². The molecule has 102 valence electrons. The summed E-state index contributed by atoms with van der Waals surface area (Å²) in [5.41, 5.74) is 1.03. The summed E-state index contributed by atoms with van der Waals surface area (Å²) in [6.45, 7) is 2.15. The van der Waals surface area contributed by atoms with Gasteiger partial charge in [0.05, 0.1) is 6.61 Å². The topological polar surface area (TPSA) is 55.9 Å². The zero-order chi connectivity index (χ0) is 13.7. The van der Waals surface area contributed by atoms with Crippen molar-refractivity contribution in [3.63, 3.8) is 0 Å². The van der Waals surface area contributed by atoms with Crippen LogP contribution in [0.3, 0.4) is 0 Å². The van der Waals surface area contributed by atoms with Gasteiger partial charge in [0, 0.05) is 12.8 Å². The molecule has 4 nitrogen and oxygen atoms in total. The molecule has 19 heavy (non-hydrogen) atoms. The van der Waals surface area contributed by atoms with E-state index in [4.69, 9.17) is 9.47 Å². The molecule has 0 N–H and O–H groups in total. The second kappa shape index (κ2) is 6.48. The minimum atomic E-state index is -0.329. The van der Waals surface area contributed by atoms with Crippen molar-refractivity contribution in [1.82, 2.24) is 0 Å². The number of hydrogen-bond acceptors (Lipinski definition) is 4. The van der Waals surface area contributed by atoms with E-state index in [1.165, 1.54) is 0 Å². The monoisotopic (exact) mass is 262 g/mol. The lowest BCUT2D eigenvalue weighted by atomic mass is 10.0. The van der Waals surface area contributed by atoms with Crippen molar-refractivity contribution in [3.8, 4) is 0 Å². The van der Waals surface area contributed by atoms with Crippen LogP contribution in [0.25, 0.3) is 0 Å². The number of Topliss-reactive ketones (excluding diaryl/α,β-unsaturated/α-hetero) is 1. The molecule has 2 rings (SSSR count). The number of hydrogen-bond donors (Lipinski definition) is 0. The Morgan fingerprint density at radius 1 is 1.21 bits per heavy atom. The van der Waals surface area contributed by atoms with Gasteiger partial charge in [0.2, 0.25) is 0 Å². The first-order valence-corrected chi connectivity index (χ1v) is 6.61. The van der Waals surface area contributed by atoms with Gasteiger partial charge in [-0.1, -0.05) is 30.3 Å². The summed E-state index contributed by atoms with van der Waals surface area (Å²) in [5.74, 6) is -0.176. The molecular weight excluding hydrogens is 244 g/mol.